The van der Waals surface area contributed by atoms with Crippen LogP contribution in [0.3, 0.4) is 0 Å². The Labute approximate surface area is 193 Å². The summed E-state index contributed by atoms with van der Waals surface area (Å²) in [5, 5.41) is 13.5. The van der Waals surface area contributed by atoms with Crippen molar-refractivity contribution in [1.29, 1.82) is 5.26 Å². The number of carbonyl (C=O) groups is 1. The molecule has 3 heterocycles. The minimum Gasteiger partial charge on any atom is -0.486 e. The second kappa shape index (κ2) is 9.51. The van der Waals surface area contributed by atoms with Gasteiger partial charge in [-0.05, 0) is 68.3 Å². The molecule has 32 heavy (non-hydrogen) atoms. The highest BCUT2D eigenvalue weighted by Gasteiger charge is 2.28. The molecule has 0 bridgehead atoms. The van der Waals surface area contributed by atoms with Gasteiger partial charge in [0.25, 0.3) is 0 Å². The summed E-state index contributed by atoms with van der Waals surface area (Å²) in [5.74, 6) is 1.62. The number of nitriles is 1. The molecule has 1 aromatic carbocycles. The molecule has 1 fully saturated rings. The zero-order chi connectivity index (χ0) is 21.9. The van der Waals surface area contributed by atoms with Crippen LogP contribution in [0.15, 0.2) is 18.2 Å². The van der Waals surface area contributed by atoms with E-state index in [2.05, 4.69) is 28.4 Å². The second-order valence-electron chi connectivity index (χ2n) is 8.78. The molecule has 2 aliphatic heterocycles. The Morgan fingerprint density at radius 2 is 2.00 bits per heavy atom. The molecule has 1 atom stereocenters. The summed E-state index contributed by atoms with van der Waals surface area (Å²) in [6.45, 7) is 2.88. The van der Waals surface area contributed by atoms with Crippen molar-refractivity contribution < 1.29 is 14.3 Å². The maximum absolute atomic E-state index is 12.8. The summed E-state index contributed by atoms with van der Waals surface area (Å²) in [6, 6.07) is 8.86. The first-order valence-corrected chi connectivity index (χ1v) is 12.5. The number of thiophene rings is 1. The summed E-state index contributed by atoms with van der Waals surface area (Å²) in [7, 11) is 0. The summed E-state index contributed by atoms with van der Waals surface area (Å²) in [6.07, 6.45) is 8.12. The van der Waals surface area contributed by atoms with E-state index in [1.165, 1.54) is 28.8 Å². The molecule has 1 amide bonds. The van der Waals surface area contributed by atoms with Gasteiger partial charge in [-0.25, -0.2) is 0 Å². The lowest BCUT2D eigenvalue weighted by molar-refractivity contribution is -0.116. The van der Waals surface area contributed by atoms with E-state index in [4.69, 9.17) is 9.47 Å². The number of benzene rings is 1. The Hall–Kier alpha value is -2.56. The fourth-order valence-electron chi connectivity index (χ4n) is 5.12. The summed E-state index contributed by atoms with van der Waals surface area (Å²) >= 11 is 1.60. The van der Waals surface area contributed by atoms with Crippen LogP contribution in [0.5, 0.6) is 11.5 Å². The van der Waals surface area contributed by atoms with E-state index < -0.39 is 0 Å². The number of ether oxygens (including phenoxy) is 2. The van der Waals surface area contributed by atoms with Crippen molar-refractivity contribution in [1.82, 2.24) is 4.90 Å². The first-order valence-electron chi connectivity index (χ1n) is 11.7. The topological polar surface area (TPSA) is 74.6 Å². The van der Waals surface area contributed by atoms with Crippen molar-refractivity contribution in [2.45, 2.75) is 57.4 Å². The van der Waals surface area contributed by atoms with Crippen molar-refractivity contribution in [2.24, 2.45) is 0 Å². The Balaban J connectivity index is 1.22. The molecular formula is C25H29N3O3S. The van der Waals surface area contributed by atoms with E-state index >= 15 is 0 Å². The van der Waals surface area contributed by atoms with E-state index in [0.717, 1.165) is 55.1 Å². The van der Waals surface area contributed by atoms with E-state index in [1.807, 2.05) is 6.07 Å². The van der Waals surface area contributed by atoms with Crippen molar-refractivity contribution in [3.8, 4) is 17.6 Å². The van der Waals surface area contributed by atoms with E-state index in [1.54, 1.807) is 11.3 Å². The van der Waals surface area contributed by atoms with Gasteiger partial charge in [0.1, 0.15) is 24.3 Å². The lowest BCUT2D eigenvalue weighted by Gasteiger charge is -2.26. The second-order valence-corrected chi connectivity index (χ2v) is 9.88. The predicted octanol–water partition coefficient (Wildman–Crippen LogP) is 4.83. The molecule has 1 aromatic heterocycles. The highest BCUT2D eigenvalue weighted by atomic mass is 32.1. The number of hydrogen-bond acceptors (Lipinski definition) is 6. The van der Waals surface area contributed by atoms with Gasteiger partial charge in [0, 0.05) is 23.9 Å². The minimum absolute atomic E-state index is 0.00858. The number of carbonyl (C=O) groups excluding carboxylic acids is 1. The van der Waals surface area contributed by atoms with Gasteiger partial charge in [-0.1, -0.05) is 12.5 Å². The molecule has 7 heteroatoms. The molecule has 3 aliphatic rings. The monoisotopic (exact) mass is 451 g/mol. The first-order chi connectivity index (χ1) is 15.7. The molecule has 1 N–H and O–H groups in total. The van der Waals surface area contributed by atoms with Crippen LogP contribution in [0.25, 0.3) is 0 Å². The van der Waals surface area contributed by atoms with E-state index in [9.17, 15) is 10.1 Å². The quantitative estimate of drug-likeness (QED) is 0.660. The third kappa shape index (κ3) is 4.35. The molecule has 2 aromatic rings. The number of aryl methyl sites for hydroxylation is 1. The molecular weight excluding hydrogens is 422 g/mol. The van der Waals surface area contributed by atoms with Crippen molar-refractivity contribution >= 4 is 22.2 Å². The van der Waals surface area contributed by atoms with Crippen LogP contribution in [0.2, 0.25) is 0 Å². The maximum Gasteiger partial charge on any atom is 0.226 e. The zero-order valence-corrected chi connectivity index (χ0v) is 19.1. The fourth-order valence-corrected chi connectivity index (χ4v) is 6.38. The number of nitrogens with zero attached hydrogens (tertiary/aromatic N) is 2. The molecule has 0 radical (unpaired) electrons. The molecule has 0 saturated carbocycles. The summed E-state index contributed by atoms with van der Waals surface area (Å²) in [5.41, 5.74) is 3.08. The molecule has 1 saturated heterocycles. The Morgan fingerprint density at radius 1 is 1.16 bits per heavy atom. The number of nitrogens with one attached hydrogen (secondary N) is 1. The van der Waals surface area contributed by atoms with Gasteiger partial charge in [-0.15, -0.1) is 11.3 Å². The fraction of sp³-hybridized carbons (Fsp3) is 0.520. The van der Waals surface area contributed by atoms with Gasteiger partial charge >= 0.3 is 0 Å². The van der Waals surface area contributed by atoms with Crippen LogP contribution in [0.4, 0.5) is 5.00 Å². The van der Waals surface area contributed by atoms with Crippen molar-refractivity contribution in [2.75, 3.05) is 31.6 Å². The van der Waals surface area contributed by atoms with Crippen LogP contribution >= 0.6 is 11.3 Å². The maximum atomic E-state index is 12.8. The third-order valence-electron chi connectivity index (χ3n) is 6.73. The standard InChI is InChI=1S/C25H29N3O3S/c26-16-19-18-5-2-1-3-7-23(18)32-25(19)27-24(29)10-12-28-11-4-6-20(28)17-8-9-21-22(15-17)31-14-13-30-21/h8-9,15,20H,1-7,10-14H2,(H,27,29). The molecule has 1 unspecified atom stereocenters. The Morgan fingerprint density at radius 3 is 2.88 bits per heavy atom. The SMILES string of the molecule is N#Cc1c(NC(=O)CCN2CCCC2c2ccc3c(c2)OCCO3)sc2c1CCCCC2. The van der Waals surface area contributed by atoms with Gasteiger partial charge in [-0.3, -0.25) is 9.69 Å². The largest absolute Gasteiger partial charge is 0.486 e. The lowest BCUT2D eigenvalue weighted by atomic mass is 10.0. The average molecular weight is 452 g/mol. The van der Waals surface area contributed by atoms with Crippen molar-refractivity contribution in [3.05, 3.63) is 39.8 Å². The van der Waals surface area contributed by atoms with E-state index in [0.29, 0.717) is 37.8 Å². The smallest absolute Gasteiger partial charge is 0.226 e. The summed E-state index contributed by atoms with van der Waals surface area (Å²) in [4.78, 5) is 16.4. The Bertz CT molecular complexity index is 1040. The number of fused-ring (bicyclic) bond motifs is 2. The van der Waals surface area contributed by atoms with E-state index in [-0.39, 0.29) is 5.91 Å². The average Bonchev–Trinajstić information content (AvgIpc) is 3.34. The van der Waals surface area contributed by atoms with Gasteiger partial charge in [0.15, 0.2) is 11.5 Å². The Kier molecular flexibility index (Phi) is 6.33. The van der Waals surface area contributed by atoms with Crippen LogP contribution in [-0.4, -0.2) is 37.1 Å². The number of amides is 1. The lowest BCUT2D eigenvalue weighted by Crippen LogP contribution is -2.28. The molecule has 6 nitrogen and oxygen atoms in total. The first kappa shape index (κ1) is 21.3. The predicted molar refractivity (Wildman–Crippen MR) is 125 cm³/mol. The van der Waals surface area contributed by atoms with Gasteiger partial charge in [0.05, 0.1) is 5.56 Å². The van der Waals surface area contributed by atoms with Crippen LogP contribution in [0.1, 0.15) is 66.1 Å². The summed E-state index contributed by atoms with van der Waals surface area (Å²) < 4.78 is 11.4. The molecule has 5 rings (SSSR count). The highest BCUT2D eigenvalue weighted by Crippen LogP contribution is 2.39. The van der Waals surface area contributed by atoms with Gasteiger partial charge in [-0.2, -0.15) is 5.26 Å². The number of hydrogen-bond donors (Lipinski definition) is 1. The minimum atomic E-state index is -0.00858. The van der Waals surface area contributed by atoms with Crippen LogP contribution in [0, 0.1) is 11.3 Å². The van der Waals surface area contributed by atoms with Crippen molar-refractivity contribution in [3.63, 3.8) is 0 Å². The highest BCUT2D eigenvalue weighted by molar-refractivity contribution is 7.16. The zero-order valence-electron chi connectivity index (χ0n) is 18.3. The van der Waals surface area contributed by atoms with Crippen LogP contribution in [-0.2, 0) is 17.6 Å². The molecule has 168 valence electrons. The number of likely N-dealkylation sites (tertiary alicyclic amines) is 1. The number of rotatable bonds is 5. The van der Waals surface area contributed by atoms with Gasteiger partial charge in [0.2, 0.25) is 5.91 Å². The van der Waals surface area contributed by atoms with Crippen LogP contribution < -0.4 is 14.8 Å². The van der Waals surface area contributed by atoms with Gasteiger partial charge < -0.3 is 14.8 Å². The normalized spacial score (nSPS) is 20.3. The number of anilines is 1. The molecule has 0 spiro atoms. The third-order valence-corrected chi connectivity index (χ3v) is 7.93. The molecule has 1 aliphatic carbocycles.